The first-order chi connectivity index (χ1) is 8.99. The molecule has 0 amide bonds. The summed E-state index contributed by atoms with van der Waals surface area (Å²) in [6.45, 7) is 11.3. The van der Waals surface area contributed by atoms with Gasteiger partial charge in [-0.1, -0.05) is 25.0 Å². The van der Waals surface area contributed by atoms with E-state index in [1.54, 1.807) is 0 Å². The summed E-state index contributed by atoms with van der Waals surface area (Å²) in [5, 5.41) is 3.83. The molecule has 1 heteroatoms. The Bertz CT molecular complexity index is 430. The Morgan fingerprint density at radius 3 is 2.16 bits per heavy atom. The Labute approximate surface area is 118 Å². The molecule has 106 valence electrons. The van der Waals surface area contributed by atoms with Crippen molar-refractivity contribution in [3.05, 3.63) is 34.4 Å². The van der Waals surface area contributed by atoms with Crippen molar-refractivity contribution in [2.45, 2.75) is 72.4 Å². The topological polar surface area (TPSA) is 12.0 Å². The highest BCUT2D eigenvalue weighted by Gasteiger charge is 2.23. The zero-order chi connectivity index (χ0) is 14.0. The molecule has 1 aliphatic carbocycles. The highest BCUT2D eigenvalue weighted by Crippen LogP contribution is 2.29. The number of hydrogen-bond donors (Lipinski definition) is 1. The molecule has 0 saturated heterocycles. The third-order valence-electron chi connectivity index (χ3n) is 4.97. The quantitative estimate of drug-likeness (QED) is 0.815. The monoisotopic (exact) mass is 259 g/mol. The molecule has 19 heavy (non-hydrogen) atoms. The summed E-state index contributed by atoms with van der Waals surface area (Å²) >= 11 is 0. The molecule has 1 fully saturated rings. The first kappa shape index (κ1) is 14.6. The molecule has 1 saturated carbocycles. The van der Waals surface area contributed by atoms with Gasteiger partial charge in [0.05, 0.1) is 0 Å². The van der Waals surface area contributed by atoms with Crippen LogP contribution in [0.15, 0.2) is 12.1 Å². The van der Waals surface area contributed by atoms with Gasteiger partial charge in [0.15, 0.2) is 0 Å². The van der Waals surface area contributed by atoms with Crippen molar-refractivity contribution in [3.63, 3.8) is 0 Å². The van der Waals surface area contributed by atoms with Crippen molar-refractivity contribution in [1.82, 2.24) is 5.32 Å². The van der Waals surface area contributed by atoms with Crippen molar-refractivity contribution in [1.29, 1.82) is 0 Å². The van der Waals surface area contributed by atoms with Crippen LogP contribution in [0.1, 0.15) is 67.8 Å². The summed E-state index contributed by atoms with van der Waals surface area (Å²) < 4.78 is 0. The van der Waals surface area contributed by atoms with Gasteiger partial charge in [0.1, 0.15) is 0 Å². The Kier molecular flexibility index (Phi) is 4.67. The molecule has 1 aliphatic rings. The minimum absolute atomic E-state index is 0.454. The number of nitrogens with one attached hydrogen (secondary N) is 1. The molecule has 0 spiro atoms. The van der Waals surface area contributed by atoms with E-state index in [-0.39, 0.29) is 0 Å². The van der Waals surface area contributed by atoms with Gasteiger partial charge in [0, 0.05) is 12.1 Å². The number of benzene rings is 1. The molecular weight excluding hydrogens is 230 g/mol. The lowest BCUT2D eigenvalue weighted by Crippen LogP contribution is -2.34. The van der Waals surface area contributed by atoms with Gasteiger partial charge in [-0.25, -0.2) is 0 Å². The number of aryl methyl sites for hydroxylation is 3. The van der Waals surface area contributed by atoms with E-state index in [4.69, 9.17) is 0 Å². The lowest BCUT2D eigenvalue weighted by Gasteiger charge is -2.26. The minimum atomic E-state index is 0.454. The Hall–Kier alpha value is -0.820. The Balaban J connectivity index is 2.06. The van der Waals surface area contributed by atoms with E-state index in [9.17, 15) is 0 Å². The maximum Gasteiger partial charge on any atom is 0.0297 e. The summed E-state index contributed by atoms with van der Waals surface area (Å²) in [5.74, 6) is 0.884. The second kappa shape index (κ2) is 6.09. The van der Waals surface area contributed by atoms with Crippen LogP contribution in [0.3, 0.4) is 0 Å². The smallest absolute Gasteiger partial charge is 0.0297 e. The first-order valence-electron chi connectivity index (χ1n) is 7.83. The van der Waals surface area contributed by atoms with Crippen molar-refractivity contribution < 1.29 is 0 Å². The predicted molar refractivity (Wildman–Crippen MR) is 83.6 cm³/mol. The fraction of sp³-hybridized carbons (Fsp3) is 0.667. The summed E-state index contributed by atoms with van der Waals surface area (Å²) in [4.78, 5) is 0. The van der Waals surface area contributed by atoms with Gasteiger partial charge in [-0.05, 0) is 75.6 Å². The van der Waals surface area contributed by atoms with Crippen molar-refractivity contribution in [2.24, 2.45) is 5.92 Å². The van der Waals surface area contributed by atoms with E-state index < -0.39 is 0 Å². The lowest BCUT2D eigenvalue weighted by atomic mass is 9.94. The van der Waals surface area contributed by atoms with E-state index in [0.29, 0.717) is 12.1 Å². The maximum atomic E-state index is 3.83. The molecule has 0 aromatic heterocycles. The molecule has 0 bridgehead atoms. The van der Waals surface area contributed by atoms with Gasteiger partial charge in [-0.3, -0.25) is 0 Å². The third kappa shape index (κ3) is 3.39. The van der Waals surface area contributed by atoms with Gasteiger partial charge in [-0.2, -0.15) is 0 Å². The van der Waals surface area contributed by atoms with Crippen molar-refractivity contribution in [2.75, 3.05) is 0 Å². The fourth-order valence-electron chi connectivity index (χ4n) is 3.53. The van der Waals surface area contributed by atoms with Crippen LogP contribution in [0.25, 0.3) is 0 Å². The van der Waals surface area contributed by atoms with E-state index in [2.05, 4.69) is 52.1 Å². The molecule has 1 N–H and O–H groups in total. The highest BCUT2D eigenvalue weighted by atomic mass is 14.9. The van der Waals surface area contributed by atoms with Crippen LogP contribution in [0.5, 0.6) is 0 Å². The molecule has 0 aliphatic heterocycles. The molecule has 2 rings (SSSR count). The van der Waals surface area contributed by atoms with Gasteiger partial charge < -0.3 is 5.32 Å². The molecular formula is C18H29N. The van der Waals surface area contributed by atoms with Crippen LogP contribution >= 0.6 is 0 Å². The van der Waals surface area contributed by atoms with Crippen LogP contribution < -0.4 is 5.32 Å². The second-order valence-electron chi connectivity index (χ2n) is 6.51. The van der Waals surface area contributed by atoms with Gasteiger partial charge in [0.25, 0.3) is 0 Å². The third-order valence-corrected chi connectivity index (χ3v) is 4.97. The molecule has 2 atom stereocenters. The molecule has 1 nitrogen and oxygen atoms in total. The average Bonchev–Trinajstić information content (AvgIpc) is 2.87. The van der Waals surface area contributed by atoms with Crippen LogP contribution in [0.4, 0.5) is 0 Å². The van der Waals surface area contributed by atoms with Gasteiger partial charge >= 0.3 is 0 Å². The summed E-state index contributed by atoms with van der Waals surface area (Å²) in [6.07, 6.45) is 5.67. The highest BCUT2D eigenvalue weighted by molar-refractivity contribution is 5.38. The SMILES string of the molecule is Cc1cc(C)c(C(C)NC(C)C2CCCC2)cc1C. The van der Waals surface area contributed by atoms with Crippen LogP contribution in [0.2, 0.25) is 0 Å². The van der Waals surface area contributed by atoms with E-state index in [0.717, 1.165) is 5.92 Å². The Morgan fingerprint density at radius 1 is 0.947 bits per heavy atom. The van der Waals surface area contributed by atoms with E-state index in [1.165, 1.54) is 47.9 Å². The number of rotatable bonds is 4. The van der Waals surface area contributed by atoms with Crippen LogP contribution in [-0.4, -0.2) is 6.04 Å². The maximum absolute atomic E-state index is 3.83. The standard InChI is InChI=1S/C18H29N/c1-12-10-14(3)18(11-13(12)2)16(5)19-15(4)17-8-6-7-9-17/h10-11,15-17,19H,6-9H2,1-5H3. The van der Waals surface area contributed by atoms with E-state index >= 15 is 0 Å². The largest absolute Gasteiger partial charge is 0.307 e. The van der Waals surface area contributed by atoms with Crippen molar-refractivity contribution in [3.8, 4) is 0 Å². The van der Waals surface area contributed by atoms with Crippen LogP contribution in [-0.2, 0) is 0 Å². The molecule has 0 heterocycles. The van der Waals surface area contributed by atoms with Crippen LogP contribution in [0, 0.1) is 26.7 Å². The second-order valence-corrected chi connectivity index (χ2v) is 6.51. The number of hydrogen-bond acceptors (Lipinski definition) is 1. The van der Waals surface area contributed by atoms with Gasteiger partial charge in [0.2, 0.25) is 0 Å². The lowest BCUT2D eigenvalue weighted by molar-refractivity contribution is 0.352. The normalized spacial score (nSPS) is 19.6. The van der Waals surface area contributed by atoms with Gasteiger partial charge in [-0.15, -0.1) is 0 Å². The predicted octanol–water partition coefficient (Wildman–Crippen LogP) is 4.84. The average molecular weight is 259 g/mol. The minimum Gasteiger partial charge on any atom is -0.307 e. The summed E-state index contributed by atoms with van der Waals surface area (Å²) in [5.41, 5.74) is 5.69. The molecule has 0 radical (unpaired) electrons. The molecule has 2 unspecified atom stereocenters. The zero-order valence-electron chi connectivity index (χ0n) is 13.2. The fourth-order valence-corrected chi connectivity index (χ4v) is 3.53. The molecule has 1 aromatic rings. The van der Waals surface area contributed by atoms with Crippen molar-refractivity contribution >= 4 is 0 Å². The first-order valence-corrected chi connectivity index (χ1v) is 7.83. The molecule has 1 aromatic carbocycles. The summed E-state index contributed by atoms with van der Waals surface area (Å²) in [7, 11) is 0. The zero-order valence-corrected chi connectivity index (χ0v) is 13.2. The Morgan fingerprint density at radius 2 is 1.53 bits per heavy atom. The summed E-state index contributed by atoms with van der Waals surface area (Å²) in [6, 6.07) is 5.78. The van der Waals surface area contributed by atoms with E-state index in [1.807, 2.05) is 0 Å².